The van der Waals surface area contributed by atoms with Gasteiger partial charge in [0.1, 0.15) is 18.5 Å². The summed E-state index contributed by atoms with van der Waals surface area (Å²) in [6, 6.07) is 11.3. The van der Waals surface area contributed by atoms with Crippen molar-refractivity contribution in [3.05, 3.63) is 47.5 Å². The molecule has 0 aliphatic rings. The largest absolute Gasteiger partial charge is 0.324 e. The van der Waals surface area contributed by atoms with Crippen molar-refractivity contribution in [3.63, 3.8) is 0 Å². The average Bonchev–Trinajstić information content (AvgIpc) is 2.81. The Morgan fingerprint density at radius 3 is 2.72 bits per heavy atom. The zero-order valence-electron chi connectivity index (χ0n) is 9.83. The lowest BCUT2D eigenvalue weighted by atomic mass is 10.1. The molecule has 0 aliphatic carbocycles. The topological polar surface area (TPSA) is 91.4 Å². The first kappa shape index (κ1) is 11.8. The molecular weight excluding hydrogens is 226 g/mol. The van der Waals surface area contributed by atoms with Crippen LogP contribution in [0.1, 0.15) is 29.9 Å². The number of imidazole rings is 1. The summed E-state index contributed by atoms with van der Waals surface area (Å²) in [5, 5.41) is 17.9. The number of hydrogen-bond acceptors (Lipinski definition) is 4. The summed E-state index contributed by atoms with van der Waals surface area (Å²) in [5.74, 6) is 0. The molecule has 0 saturated heterocycles. The van der Waals surface area contributed by atoms with Gasteiger partial charge < -0.3 is 5.73 Å². The lowest BCUT2D eigenvalue weighted by Gasteiger charge is -2.09. The van der Waals surface area contributed by atoms with Crippen molar-refractivity contribution in [2.24, 2.45) is 5.73 Å². The van der Waals surface area contributed by atoms with Crippen LogP contribution in [-0.2, 0) is 0 Å². The summed E-state index contributed by atoms with van der Waals surface area (Å²) < 4.78 is 1.59. The second-order valence-corrected chi connectivity index (χ2v) is 3.92. The molecule has 0 fully saturated rings. The summed E-state index contributed by atoms with van der Waals surface area (Å²) >= 11 is 0. The highest BCUT2D eigenvalue weighted by atomic mass is 15.1. The molecule has 88 valence electrons. The first-order valence-electron chi connectivity index (χ1n) is 5.41. The van der Waals surface area contributed by atoms with Gasteiger partial charge in [0.2, 0.25) is 0 Å². The van der Waals surface area contributed by atoms with Crippen molar-refractivity contribution in [1.82, 2.24) is 9.55 Å². The van der Waals surface area contributed by atoms with Crippen LogP contribution < -0.4 is 5.73 Å². The molecule has 0 saturated carbocycles. The number of nitrogens with two attached hydrogens (primary N) is 1. The summed E-state index contributed by atoms with van der Waals surface area (Å²) in [7, 11) is 0. The molecule has 1 aromatic carbocycles. The molecule has 0 spiro atoms. The van der Waals surface area contributed by atoms with Gasteiger partial charge in [-0.05, 0) is 24.6 Å². The molecule has 5 heteroatoms. The zero-order chi connectivity index (χ0) is 13.1. The van der Waals surface area contributed by atoms with E-state index in [9.17, 15) is 0 Å². The van der Waals surface area contributed by atoms with E-state index in [4.69, 9.17) is 16.3 Å². The van der Waals surface area contributed by atoms with Gasteiger partial charge in [-0.15, -0.1) is 0 Å². The molecular formula is C13H11N5. The maximum absolute atomic E-state index is 9.07. The molecule has 1 atom stereocenters. The molecule has 5 nitrogen and oxygen atoms in total. The Labute approximate surface area is 105 Å². The predicted octanol–water partition coefficient (Wildman–Crippen LogP) is 1.64. The summed E-state index contributed by atoms with van der Waals surface area (Å²) in [4.78, 5) is 3.90. The Balaban J connectivity index is 2.57. The lowest BCUT2D eigenvalue weighted by Crippen LogP contribution is -2.06. The lowest BCUT2D eigenvalue weighted by molar-refractivity contribution is 0.815. The third-order valence-electron chi connectivity index (χ3n) is 2.65. The Morgan fingerprint density at radius 2 is 2.11 bits per heavy atom. The molecule has 18 heavy (non-hydrogen) atoms. The van der Waals surface area contributed by atoms with Gasteiger partial charge in [-0.3, -0.25) is 4.57 Å². The van der Waals surface area contributed by atoms with Gasteiger partial charge in [0, 0.05) is 11.7 Å². The standard InChI is InChI=1S/C13H11N5/c1-9(16)10-3-2-4-11(5-10)18-8-17-12(6-14)13(18)7-15/h2-5,8-9H,16H2,1H3. The van der Waals surface area contributed by atoms with Crippen molar-refractivity contribution >= 4 is 0 Å². The van der Waals surface area contributed by atoms with Crippen molar-refractivity contribution in [3.8, 4) is 17.8 Å². The maximum Gasteiger partial charge on any atom is 0.177 e. The minimum atomic E-state index is -0.0885. The van der Waals surface area contributed by atoms with E-state index in [1.165, 1.54) is 6.33 Å². The van der Waals surface area contributed by atoms with Crippen molar-refractivity contribution in [2.45, 2.75) is 13.0 Å². The monoisotopic (exact) mass is 237 g/mol. The van der Waals surface area contributed by atoms with Crippen LogP contribution in [0.2, 0.25) is 0 Å². The second-order valence-electron chi connectivity index (χ2n) is 3.92. The van der Waals surface area contributed by atoms with Gasteiger partial charge in [0.05, 0.1) is 0 Å². The van der Waals surface area contributed by atoms with Gasteiger partial charge in [-0.2, -0.15) is 10.5 Å². The Morgan fingerprint density at radius 1 is 1.33 bits per heavy atom. The minimum absolute atomic E-state index is 0.0885. The number of rotatable bonds is 2. The van der Waals surface area contributed by atoms with Crippen LogP contribution in [0.3, 0.4) is 0 Å². The first-order valence-corrected chi connectivity index (χ1v) is 5.41. The van der Waals surface area contributed by atoms with E-state index in [1.807, 2.05) is 43.3 Å². The Hall–Kier alpha value is -2.63. The highest BCUT2D eigenvalue weighted by Crippen LogP contribution is 2.18. The number of aromatic nitrogens is 2. The third-order valence-corrected chi connectivity index (χ3v) is 2.65. The first-order chi connectivity index (χ1) is 8.67. The van der Waals surface area contributed by atoms with E-state index in [-0.39, 0.29) is 17.4 Å². The average molecular weight is 237 g/mol. The summed E-state index contributed by atoms with van der Waals surface area (Å²) in [5.41, 5.74) is 7.92. The molecule has 1 unspecified atom stereocenters. The van der Waals surface area contributed by atoms with Gasteiger partial charge in [0.25, 0.3) is 0 Å². The maximum atomic E-state index is 9.07. The molecule has 0 aliphatic heterocycles. The fraction of sp³-hybridized carbons (Fsp3) is 0.154. The molecule has 2 rings (SSSR count). The van der Waals surface area contributed by atoms with E-state index < -0.39 is 0 Å². The second kappa shape index (κ2) is 4.70. The third kappa shape index (κ3) is 1.95. The molecule has 0 bridgehead atoms. The number of nitriles is 2. The zero-order valence-corrected chi connectivity index (χ0v) is 9.83. The van der Waals surface area contributed by atoms with E-state index in [2.05, 4.69) is 4.98 Å². The SMILES string of the molecule is CC(N)c1cccc(-n2cnc(C#N)c2C#N)c1. The van der Waals surface area contributed by atoms with Crippen LogP contribution in [0, 0.1) is 22.7 Å². The van der Waals surface area contributed by atoms with Crippen LogP contribution in [0.15, 0.2) is 30.6 Å². The Kier molecular flexibility index (Phi) is 3.09. The van der Waals surface area contributed by atoms with Crippen LogP contribution in [0.25, 0.3) is 5.69 Å². The van der Waals surface area contributed by atoms with Crippen molar-refractivity contribution < 1.29 is 0 Å². The molecule has 2 N–H and O–H groups in total. The fourth-order valence-electron chi connectivity index (χ4n) is 1.69. The fourth-order valence-corrected chi connectivity index (χ4v) is 1.69. The van der Waals surface area contributed by atoms with Gasteiger partial charge in [-0.1, -0.05) is 12.1 Å². The molecule has 1 heterocycles. The molecule has 0 radical (unpaired) electrons. The van der Waals surface area contributed by atoms with Crippen molar-refractivity contribution in [2.75, 3.05) is 0 Å². The Bertz CT molecular complexity index is 655. The molecule has 1 aromatic heterocycles. The smallest absolute Gasteiger partial charge is 0.177 e. The van der Waals surface area contributed by atoms with Gasteiger partial charge in [-0.25, -0.2) is 4.98 Å². The molecule has 2 aromatic rings. The van der Waals surface area contributed by atoms with Crippen LogP contribution in [-0.4, -0.2) is 9.55 Å². The molecule has 0 amide bonds. The summed E-state index contributed by atoms with van der Waals surface area (Å²) in [6.45, 7) is 1.89. The number of nitrogens with zero attached hydrogens (tertiary/aromatic N) is 4. The van der Waals surface area contributed by atoms with E-state index in [1.54, 1.807) is 4.57 Å². The summed E-state index contributed by atoms with van der Waals surface area (Å²) in [6.07, 6.45) is 1.47. The van der Waals surface area contributed by atoms with Crippen LogP contribution in [0.5, 0.6) is 0 Å². The normalized spacial score (nSPS) is 11.6. The van der Waals surface area contributed by atoms with Gasteiger partial charge in [0.15, 0.2) is 11.4 Å². The quantitative estimate of drug-likeness (QED) is 0.859. The minimum Gasteiger partial charge on any atom is -0.324 e. The van der Waals surface area contributed by atoms with Crippen LogP contribution >= 0.6 is 0 Å². The predicted molar refractivity (Wildman–Crippen MR) is 65.6 cm³/mol. The van der Waals surface area contributed by atoms with E-state index in [0.29, 0.717) is 0 Å². The number of benzene rings is 1. The van der Waals surface area contributed by atoms with Crippen LogP contribution in [0.4, 0.5) is 0 Å². The highest BCUT2D eigenvalue weighted by Gasteiger charge is 2.11. The van der Waals surface area contributed by atoms with Gasteiger partial charge >= 0.3 is 0 Å². The van der Waals surface area contributed by atoms with Crippen molar-refractivity contribution in [1.29, 1.82) is 10.5 Å². The number of hydrogen-bond donors (Lipinski definition) is 1. The van der Waals surface area contributed by atoms with E-state index >= 15 is 0 Å². The highest BCUT2D eigenvalue weighted by molar-refractivity contribution is 5.45. The van der Waals surface area contributed by atoms with E-state index in [0.717, 1.165) is 11.3 Å².